The Morgan fingerprint density at radius 3 is 2.70 bits per heavy atom. The van der Waals surface area contributed by atoms with E-state index in [1.807, 2.05) is 18.2 Å². The zero-order chi connectivity index (χ0) is 16.0. The van der Waals surface area contributed by atoms with Crippen molar-refractivity contribution in [2.75, 3.05) is 5.32 Å². The molecule has 0 bridgehead atoms. The highest BCUT2D eigenvalue weighted by atomic mass is 16.4. The SMILES string of the molecule is O=C(O)c1ccn(-c2ccccc2NC(=O)[C@H]2C[C@H]2C2CC2)n1. The van der Waals surface area contributed by atoms with Gasteiger partial charge >= 0.3 is 5.97 Å². The summed E-state index contributed by atoms with van der Waals surface area (Å²) in [5, 5.41) is 16.0. The molecule has 6 heteroatoms. The monoisotopic (exact) mass is 311 g/mol. The number of hydrogen-bond acceptors (Lipinski definition) is 3. The van der Waals surface area contributed by atoms with E-state index in [-0.39, 0.29) is 17.5 Å². The first-order valence-electron chi connectivity index (χ1n) is 7.82. The van der Waals surface area contributed by atoms with E-state index in [2.05, 4.69) is 10.4 Å². The number of carbonyl (C=O) groups excluding carboxylic acids is 1. The summed E-state index contributed by atoms with van der Waals surface area (Å²) in [7, 11) is 0. The van der Waals surface area contributed by atoms with Gasteiger partial charge in [-0.1, -0.05) is 12.1 Å². The average molecular weight is 311 g/mol. The Labute approximate surface area is 133 Å². The van der Waals surface area contributed by atoms with Gasteiger partial charge in [-0.2, -0.15) is 5.10 Å². The number of carboxylic acid groups (broad SMARTS) is 1. The number of anilines is 1. The maximum Gasteiger partial charge on any atom is 0.356 e. The molecule has 2 N–H and O–H groups in total. The molecule has 2 saturated carbocycles. The molecule has 0 unspecified atom stereocenters. The van der Waals surface area contributed by atoms with Crippen LogP contribution >= 0.6 is 0 Å². The minimum absolute atomic E-state index is 0.0258. The maximum atomic E-state index is 12.4. The van der Waals surface area contributed by atoms with E-state index in [9.17, 15) is 9.59 Å². The third kappa shape index (κ3) is 2.72. The van der Waals surface area contributed by atoms with Crippen LogP contribution < -0.4 is 5.32 Å². The zero-order valence-electron chi connectivity index (χ0n) is 12.5. The number of rotatable bonds is 5. The number of nitrogens with zero attached hydrogens (tertiary/aromatic N) is 2. The Bertz CT molecular complexity index is 779. The first kappa shape index (κ1) is 14.0. The molecule has 0 spiro atoms. The van der Waals surface area contributed by atoms with Crippen molar-refractivity contribution in [3.63, 3.8) is 0 Å². The van der Waals surface area contributed by atoms with E-state index < -0.39 is 5.97 Å². The van der Waals surface area contributed by atoms with Gasteiger partial charge in [-0.05, 0) is 49.3 Å². The van der Waals surface area contributed by atoms with Crippen molar-refractivity contribution in [2.24, 2.45) is 17.8 Å². The van der Waals surface area contributed by atoms with Crippen LogP contribution in [0.3, 0.4) is 0 Å². The standard InChI is InChI=1S/C17H17N3O3/c21-16(12-9-11(12)10-5-6-10)18-13-3-1-2-4-15(13)20-8-7-14(19-20)17(22)23/h1-4,7-8,10-12H,5-6,9H2,(H,18,21)(H,22,23)/t11-,12-/m0/s1. The van der Waals surface area contributed by atoms with Crippen LogP contribution in [0.25, 0.3) is 5.69 Å². The lowest BCUT2D eigenvalue weighted by Crippen LogP contribution is -2.17. The quantitative estimate of drug-likeness (QED) is 0.889. The summed E-state index contributed by atoms with van der Waals surface area (Å²) in [5.41, 5.74) is 1.29. The van der Waals surface area contributed by atoms with Gasteiger partial charge < -0.3 is 10.4 Å². The van der Waals surface area contributed by atoms with Crippen LogP contribution in [0.15, 0.2) is 36.5 Å². The number of hydrogen-bond donors (Lipinski definition) is 2. The van der Waals surface area contributed by atoms with Gasteiger partial charge in [0.25, 0.3) is 0 Å². The number of aromatic nitrogens is 2. The van der Waals surface area contributed by atoms with E-state index in [0.29, 0.717) is 17.3 Å². The van der Waals surface area contributed by atoms with Crippen LogP contribution in [0.4, 0.5) is 5.69 Å². The van der Waals surface area contributed by atoms with Crippen LogP contribution in [0.2, 0.25) is 0 Å². The summed E-state index contributed by atoms with van der Waals surface area (Å²) < 4.78 is 1.48. The number of nitrogens with one attached hydrogen (secondary N) is 1. The summed E-state index contributed by atoms with van der Waals surface area (Å²) in [5.74, 6) is 0.425. The topological polar surface area (TPSA) is 84.2 Å². The van der Waals surface area contributed by atoms with Crippen molar-refractivity contribution >= 4 is 17.6 Å². The number of carbonyl (C=O) groups is 2. The van der Waals surface area contributed by atoms with Crippen molar-refractivity contribution < 1.29 is 14.7 Å². The van der Waals surface area contributed by atoms with Gasteiger partial charge in [0.1, 0.15) is 0 Å². The molecule has 6 nitrogen and oxygen atoms in total. The molecule has 2 aromatic rings. The van der Waals surface area contributed by atoms with Crippen LogP contribution in [0.5, 0.6) is 0 Å². The molecule has 4 rings (SSSR count). The highest BCUT2D eigenvalue weighted by molar-refractivity contribution is 5.96. The van der Waals surface area contributed by atoms with Crippen LogP contribution in [0, 0.1) is 17.8 Å². The number of para-hydroxylation sites is 2. The molecule has 1 aromatic carbocycles. The van der Waals surface area contributed by atoms with Crippen molar-refractivity contribution in [3.05, 3.63) is 42.2 Å². The fourth-order valence-electron chi connectivity index (χ4n) is 3.14. The molecular formula is C17H17N3O3. The summed E-state index contributed by atoms with van der Waals surface area (Å²) >= 11 is 0. The minimum atomic E-state index is -1.07. The van der Waals surface area contributed by atoms with Crippen molar-refractivity contribution in [1.29, 1.82) is 0 Å². The normalized spacial score (nSPS) is 22.6. The molecule has 118 valence electrons. The van der Waals surface area contributed by atoms with E-state index in [1.165, 1.54) is 23.6 Å². The predicted octanol–water partition coefficient (Wildman–Crippen LogP) is 2.56. The zero-order valence-corrected chi connectivity index (χ0v) is 12.5. The van der Waals surface area contributed by atoms with Gasteiger partial charge in [-0.25, -0.2) is 9.48 Å². The van der Waals surface area contributed by atoms with Gasteiger partial charge in [0.15, 0.2) is 5.69 Å². The highest BCUT2D eigenvalue weighted by Gasteiger charge is 2.51. The predicted molar refractivity (Wildman–Crippen MR) is 83.5 cm³/mol. The second-order valence-corrected chi connectivity index (χ2v) is 6.30. The van der Waals surface area contributed by atoms with Crippen molar-refractivity contribution in [3.8, 4) is 5.69 Å². The summed E-state index contributed by atoms with van der Waals surface area (Å²) in [6.07, 6.45) is 5.09. The molecule has 2 fully saturated rings. The first-order chi connectivity index (χ1) is 11.1. The Balaban J connectivity index is 1.54. The second kappa shape index (κ2) is 5.22. The summed E-state index contributed by atoms with van der Waals surface area (Å²) in [6, 6.07) is 8.72. The molecule has 2 atom stereocenters. The van der Waals surface area contributed by atoms with Crippen LogP contribution in [0.1, 0.15) is 29.8 Å². The third-order valence-corrected chi connectivity index (χ3v) is 4.62. The molecular weight excluding hydrogens is 294 g/mol. The van der Waals surface area contributed by atoms with Crippen molar-refractivity contribution in [2.45, 2.75) is 19.3 Å². The molecule has 0 saturated heterocycles. The lowest BCUT2D eigenvalue weighted by atomic mass is 10.2. The van der Waals surface area contributed by atoms with Gasteiger partial charge in [-0.3, -0.25) is 4.79 Å². The Hall–Kier alpha value is -2.63. The van der Waals surface area contributed by atoms with Gasteiger partial charge in [0.2, 0.25) is 5.91 Å². The minimum Gasteiger partial charge on any atom is -0.476 e. The number of benzene rings is 1. The fraction of sp³-hybridized carbons (Fsp3) is 0.353. The third-order valence-electron chi connectivity index (χ3n) is 4.62. The maximum absolute atomic E-state index is 12.4. The summed E-state index contributed by atoms with van der Waals surface area (Å²) in [6.45, 7) is 0. The molecule has 1 aromatic heterocycles. The fourth-order valence-corrected chi connectivity index (χ4v) is 3.14. The highest BCUT2D eigenvalue weighted by Crippen LogP contribution is 2.54. The average Bonchev–Trinajstić information content (AvgIpc) is 3.43. The molecule has 23 heavy (non-hydrogen) atoms. The van der Waals surface area contributed by atoms with Gasteiger partial charge in [0, 0.05) is 12.1 Å². The number of amides is 1. The number of carboxylic acids is 1. The lowest BCUT2D eigenvalue weighted by molar-refractivity contribution is -0.117. The molecule has 2 aliphatic rings. The Morgan fingerprint density at radius 1 is 1.22 bits per heavy atom. The summed E-state index contributed by atoms with van der Waals surface area (Å²) in [4.78, 5) is 23.3. The van der Waals surface area contributed by atoms with Gasteiger partial charge in [0.05, 0.1) is 11.4 Å². The Kier molecular flexibility index (Phi) is 3.18. The second-order valence-electron chi connectivity index (χ2n) is 6.30. The molecule has 1 amide bonds. The van der Waals surface area contributed by atoms with E-state index in [0.717, 1.165) is 12.3 Å². The van der Waals surface area contributed by atoms with E-state index >= 15 is 0 Å². The molecule has 0 radical (unpaired) electrons. The molecule has 2 aliphatic carbocycles. The van der Waals surface area contributed by atoms with E-state index in [1.54, 1.807) is 12.3 Å². The first-order valence-corrected chi connectivity index (χ1v) is 7.82. The van der Waals surface area contributed by atoms with Crippen molar-refractivity contribution in [1.82, 2.24) is 9.78 Å². The molecule has 1 heterocycles. The lowest BCUT2D eigenvalue weighted by Gasteiger charge is -2.11. The Morgan fingerprint density at radius 2 is 2.00 bits per heavy atom. The van der Waals surface area contributed by atoms with E-state index in [4.69, 9.17) is 5.11 Å². The number of aromatic carboxylic acids is 1. The van der Waals surface area contributed by atoms with Crippen LogP contribution in [-0.2, 0) is 4.79 Å². The van der Waals surface area contributed by atoms with Crippen LogP contribution in [-0.4, -0.2) is 26.8 Å². The van der Waals surface area contributed by atoms with Gasteiger partial charge in [-0.15, -0.1) is 0 Å². The largest absolute Gasteiger partial charge is 0.476 e. The molecule has 0 aliphatic heterocycles. The smallest absolute Gasteiger partial charge is 0.356 e.